The summed E-state index contributed by atoms with van der Waals surface area (Å²) in [6, 6.07) is 5.36. The zero-order valence-corrected chi connectivity index (χ0v) is 10.9. The van der Waals surface area contributed by atoms with E-state index in [2.05, 4.69) is 15.6 Å². The Morgan fingerprint density at radius 1 is 1.44 bits per heavy atom. The van der Waals surface area contributed by atoms with E-state index in [9.17, 15) is 4.79 Å². The molecule has 1 aromatic heterocycles. The molecule has 96 valence electrons. The minimum atomic E-state index is -0.376. The van der Waals surface area contributed by atoms with Crippen molar-refractivity contribution < 1.29 is 4.79 Å². The van der Waals surface area contributed by atoms with E-state index in [0.29, 0.717) is 24.5 Å². The van der Waals surface area contributed by atoms with Gasteiger partial charge in [0.25, 0.3) is 0 Å². The van der Waals surface area contributed by atoms with Crippen molar-refractivity contribution in [3.05, 3.63) is 23.9 Å². The lowest BCUT2D eigenvalue weighted by molar-refractivity contribution is -0.128. The second-order valence-electron chi connectivity index (χ2n) is 4.97. The lowest BCUT2D eigenvalue weighted by Crippen LogP contribution is -2.37. The van der Waals surface area contributed by atoms with Gasteiger partial charge in [-0.25, -0.2) is 4.98 Å². The summed E-state index contributed by atoms with van der Waals surface area (Å²) in [5, 5.41) is 14.6. The predicted octanol–water partition coefficient (Wildman–Crippen LogP) is 1.53. The molecule has 0 aliphatic heterocycles. The third-order valence-electron chi connectivity index (χ3n) is 2.29. The molecule has 1 heterocycles. The molecule has 0 radical (unpaired) electrons. The number of aromatic nitrogens is 1. The van der Waals surface area contributed by atoms with Crippen LogP contribution in [0.4, 0.5) is 5.82 Å². The highest BCUT2D eigenvalue weighted by atomic mass is 16.2. The van der Waals surface area contributed by atoms with Gasteiger partial charge in [0.05, 0.1) is 11.6 Å². The van der Waals surface area contributed by atoms with E-state index in [1.165, 1.54) is 0 Å². The Hall–Kier alpha value is -2.09. The number of hydrogen-bond acceptors (Lipinski definition) is 4. The summed E-state index contributed by atoms with van der Waals surface area (Å²) >= 11 is 0. The number of nitrogens with one attached hydrogen (secondary N) is 2. The Balaban J connectivity index is 2.34. The van der Waals surface area contributed by atoms with E-state index in [-0.39, 0.29) is 11.3 Å². The van der Waals surface area contributed by atoms with E-state index in [1.54, 1.807) is 18.3 Å². The molecule has 0 bridgehead atoms. The highest BCUT2D eigenvalue weighted by molar-refractivity contribution is 5.81. The fourth-order valence-corrected chi connectivity index (χ4v) is 1.23. The van der Waals surface area contributed by atoms with Gasteiger partial charge in [-0.05, 0) is 12.1 Å². The van der Waals surface area contributed by atoms with Crippen molar-refractivity contribution in [1.82, 2.24) is 10.3 Å². The van der Waals surface area contributed by atoms with Crippen LogP contribution in [-0.4, -0.2) is 24.0 Å². The maximum Gasteiger partial charge on any atom is 0.225 e. The summed E-state index contributed by atoms with van der Waals surface area (Å²) in [7, 11) is 0. The Kier molecular flexibility index (Phi) is 4.67. The SMILES string of the molecule is CC(C)(C)C(=O)NCCNc1cc(C#N)ccn1. The number of carbonyl (C=O) groups excluding carboxylic acids is 1. The molecule has 0 fully saturated rings. The van der Waals surface area contributed by atoms with Gasteiger partial charge in [-0.15, -0.1) is 0 Å². The molecule has 5 nitrogen and oxygen atoms in total. The summed E-state index contributed by atoms with van der Waals surface area (Å²) in [4.78, 5) is 15.7. The molecule has 1 amide bonds. The molecule has 0 atom stereocenters. The molecule has 0 aliphatic carbocycles. The normalized spacial score (nSPS) is 10.6. The van der Waals surface area contributed by atoms with Gasteiger partial charge in [0.15, 0.2) is 0 Å². The Bertz CT molecular complexity index is 457. The lowest BCUT2D eigenvalue weighted by atomic mass is 9.96. The summed E-state index contributed by atoms with van der Waals surface area (Å²) in [5.74, 6) is 0.655. The lowest BCUT2D eigenvalue weighted by Gasteiger charge is -2.17. The quantitative estimate of drug-likeness (QED) is 0.790. The Morgan fingerprint density at radius 2 is 2.17 bits per heavy atom. The molecule has 2 N–H and O–H groups in total. The molecule has 0 spiro atoms. The molecule has 0 aromatic carbocycles. The Morgan fingerprint density at radius 3 is 2.78 bits per heavy atom. The number of nitrogens with zero attached hydrogens (tertiary/aromatic N) is 2. The van der Waals surface area contributed by atoms with Gasteiger partial charge in [0.1, 0.15) is 5.82 Å². The van der Waals surface area contributed by atoms with Crippen molar-refractivity contribution >= 4 is 11.7 Å². The molecular formula is C13H18N4O. The van der Waals surface area contributed by atoms with Crippen LogP contribution in [0.1, 0.15) is 26.3 Å². The van der Waals surface area contributed by atoms with E-state index in [0.717, 1.165) is 0 Å². The van der Waals surface area contributed by atoms with Gasteiger partial charge in [-0.3, -0.25) is 4.79 Å². The van der Waals surface area contributed by atoms with Gasteiger partial charge < -0.3 is 10.6 Å². The van der Waals surface area contributed by atoms with E-state index >= 15 is 0 Å². The number of rotatable bonds is 4. The predicted molar refractivity (Wildman–Crippen MR) is 69.9 cm³/mol. The molecular weight excluding hydrogens is 228 g/mol. The van der Waals surface area contributed by atoms with Crippen LogP contribution in [0.2, 0.25) is 0 Å². The van der Waals surface area contributed by atoms with Gasteiger partial charge in [0.2, 0.25) is 5.91 Å². The number of nitriles is 1. The van der Waals surface area contributed by atoms with Gasteiger partial charge >= 0.3 is 0 Å². The molecule has 5 heteroatoms. The standard InChI is InChI=1S/C13H18N4O/c1-13(2,3)12(18)17-7-6-16-11-8-10(9-14)4-5-15-11/h4-5,8H,6-7H2,1-3H3,(H,15,16)(H,17,18). The molecule has 0 saturated heterocycles. The van der Waals surface area contributed by atoms with Crippen molar-refractivity contribution in [3.63, 3.8) is 0 Å². The van der Waals surface area contributed by atoms with Gasteiger partial charge in [-0.2, -0.15) is 5.26 Å². The van der Waals surface area contributed by atoms with Crippen LogP contribution in [0.15, 0.2) is 18.3 Å². The van der Waals surface area contributed by atoms with Crippen molar-refractivity contribution in [2.75, 3.05) is 18.4 Å². The number of carbonyl (C=O) groups is 1. The summed E-state index contributed by atoms with van der Waals surface area (Å²) < 4.78 is 0. The molecule has 18 heavy (non-hydrogen) atoms. The molecule has 1 rings (SSSR count). The third-order valence-corrected chi connectivity index (χ3v) is 2.29. The average molecular weight is 246 g/mol. The van der Waals surface area contributed by atoms with E-state index < -0.39 is 0 Å². The third kappa shape index (κ3) is 4.42. The highest BCUT2D eigenvalue weighted by Gasteiger charge is 2.20. The molecule has 1 aromatic rings. The van der Waals surface area contributed by atoms with Gasteiger partial charge in [-0.1, -0.05) is 20.8 Å². The Labute approximate surface area is 107 Å². The van der Waals surface area contributed by atoms with E-state index in [1.807, 2.05) is 26.8 Å². The van der Waals surface area contributed by atoms with Crippen LogP contribution in [0.25, 0.3) is 0 Å². The highest BCUT2D eigenvalue weighted by Crippen LogP contribution is 2.12. The van der Waals surface area contributed by atoms with Crippen LogP contribution in [0.5, 0.6) is 0 Å². The van der Waals surface area contributed by atoms with Gasteiger partial charge in [0, 0.05) is 24.7 Å². The maximum absolute atomic E-state index is 11.6. The maximum atomic E-state index is 11.6. The number of hydrogen-bond donors (Lipinski definition) is 2. The second-order valence-corrected chi connectivity index (χ2v) is 4.97. The van der Waals surface area contributed by atoms with Crippen LogP contribution < -0.4 is 10.6 Å². The van der Waals surface area contributed by atoms with Crippen molar-refractivity contribution in [3.8, 4) is 6.07 Å². The summed E-state index contributed by atoms with van der Waals surface area (Å²) in [5.41, 5.74) is 0.185. The average Bonchev–Trinajstić information content (AvgIpc) is 2.33. The summed E-state index contributed by atoms with van der Waals surface area (Å²) in [6.07, 6.45) is 1.58. The van der Waals surface area contributed by atoms with Crippen LogP contribution >= 0.6 is 0 Å². The first-order valence-electron chi connectivity index (χ1n) is 5.82. The number of pyridine rings is 1. The fraction of sp³-hybridized carbons (Fsp3) is 0.462. The number of anilines is 1. The zero-order chi connectivity index (χ0) is 13.6. The van der Waals surface area contributed by atoms with Crippen LogP contribution in [-0.2, 0) is 4.79 Å². The van der Waals surface area contributed by atoms with Crippen molar-refractivity contribution in [1.29, 1.82) is 5.26 Å². The largest absolute Gasteiger partial charge is 0.368 e. The van der Waals surface area contributed by atoms with Crippen LogP contribution in [0, 0.1) is 16.7 Å². The minimum absolute atomic E-state index is 0.0167. The smallest absolute Gasteiger partial charge is 0.225 e. The topological polar surface area (TPSA) is 77.8 Å². The summed E-state index contributed by atoms with van der Waals surface area (Å²) in [6.45, 7) is 6.70. The minimum Gasteiger partial charge on any atom is -0.368 e. The van der Waals surface area contributed by atoms with E-state index in [4.69, 9.17) is 5.26 Å². The van der Waals surface area contributed by atoms with Crippen LogP contribution in [0.3, 0.4) is 0 Å². The number of amides is 1. The molecule has 0 saturated carbocycles. The van der Waals surface area contributed by atoms with Crippen molar-refractivity contribution in [2.45, 2.75) is 20.8 Å². The first-order valence-corrected chi connectivity index (χ1v) is 5.82. The first-order chi connectivity index (χ1) is 8.43. The van der Waals surface area contributed by atoms with Crippen molar-refractivity contribution in [2.24, 2.45) is 5.41 Å². The second kappa shape index (κ2) is 6.01. The molecule has 0 aliphatic rings. The molecule has 0 unspecified atom stereocenters. The monoisotopic (exact) mass is 246 g/mol. The first kappa shape index (κ1) is 14.0. The fourth-order valence-electron chi connectivity index (χ4n) is 1.23. The zero-order valence-electron chi connectivity index (χ0n) is 10.9.